The van der Waals surface area contributed by atoms with Crippen molar-refractivity contribution >= 4 is 27.6 Å². The van der Waals surface area contributed by atoms with E-state index in [0.29, 0.717) is 12.2 Å². The van der Waals surface area contributed by atoms with Crippen molar-refractivity contribution in [3.05, 3.63) is 63.9 Å². The Hall–Kier alpha value is -1.88. The fourth-order valence-electron chi connectivity index (χ4n) is 1.60. The van der Waals surface area contributed by atoms with E-state index >= 15 is 0 Å². The molecule has 2 N–H and O–H groups in total. The molecule has 0 aliphatic heterocycles. The Kier molecular flexibility index (Phi) is 4.16. The van der Waals surface area contributed by atoms with E-state index in [4.69, 9.17) is 5.11 Å². The van der Waals surface area contributed by atoms with Crippen molar-refractivity contribution in [3.63, 3.8) is 0 Å². The topological polar surface area (TPSA) is 49.3 Å². The molecule has 0 saturated heterocycles. The largest absolute Gasteiger partial charge is 0.478 e. The number of benzene rings is 2. The highest BCUT2D eigenvalue weighted by Crippen LogP contribution is 2.16. The number of halogens is 2. The van der Waals surface area contributed by atoms with Crippen LogP contribution in [0.5, 0.6) is 0 Å². The molecule has 98 valence electrons. The summed E-state index contributed by atoms with van der Waals surface area (Å²) in [6.07, 6.45) is 0. The summed E-state index contributed by atoms with van der Waals surface area (Å²) >= 11 is 3.35. The third-order valence-corrected chi connectivity index (χ3v) is 3.14. The van der Waals surface area contributed by atoms with Crippen molar-refractivity contribution in [2.75, 3.05) is 5.32 Å². The Balaban J connectivity index is 2.06. The Labute approximate surface area is 118 Å². The third kappa shape index (κ3) is 3.54. The summed E-state index contributed by atoms with van der Waals surface area (Å²) in [5, 5.41) is 11.8. The van der Waals surface area contributed by atoms with Crippen LogP contribution >= 0.6 is 15.9 Å². The molecule has 2 rings (SSSR count). The summed E-state index contributed by atoms with van der Waals surface area (Å²) in [5.74, 6) is -2.01. The first-order chi connectivity index (χ1) is 9.06. The molecule has 0 aliphatic carbocycles. The van der Waals surface area contributed by atoms with E-state index in [-0.39, 0.29) is 5.56 Å². The lowest BCUT2D eigenvalue weighted by Crippen LogP contribution is -2.03. The van der Waals surface area contributed by atoms with Gasteiger partial charge in [-0.3, -0.25) is 0 Å². The van der Waals surface area contributed by atoms with E-state index in [0.717, 1.165) is 10.0 Å². The number of aromatic carboxylic acids is 1. The van der Waals surface area contributed by atoms with Gasteiger partial charge < -0.3 is 10.4 Å². The molecule has 0 aromatic heterocycles. The first-order valence-electron chi connectivity index (χ1n) is 5.57. The number of carboxylic acids is 1. The second-order valence-corrected chi connectivity index (χ2v) is 4.90. The molecule has 2 aromatic rings. The van der Waals surface area contributed by atoms with Crippen LogP contribution in [0.1, 0.15) is 15.9 Å². The van der Waals surface area contributed by atoms with Crippen LogP contribution in [0.15, 0.2) is 46.9 Å². The van der Waals surface area contributed by atoms with Crippen LogP contribution in [0.4, 0.5) is 10.1 Å². The van der Waals surface area contributed by atoms with Crippen molar-refractivity contribution < 1.29 is 14.3 Å². The van der Waals surface area contributed by atoms with Gasteiger partial charge in [-0.05, 0) is 35.9 Å². The zero-order valence-electron chi connectivity index (χ0n) is 9.86. The van der Waals surface area contributed by atoms with Gasteiger partial charge in [0.25, 0.3) is 0 Å². The van der Waals surface area contributed by atoms with Gasteiger partial charge in [0.2, 0.25) is 0 Å². The number of hydrogen-bond acceptors (Lipinski definition) is 2. The maximum atomic E-state index is 13.5. The Morgan fingerprint density at radius 3 is 2.47 bits per heavy atom. The van der Waals surface area contributed by atoms with Gasteiger partial charge in [-0.15, -0.1) is 0 Å². The van der Waals surface area contributed by atoms with Crippen LogP contribution in [0.2, 0.25) is 0 Å². The second-order valence-electron chi connectivity index (χ2n) is 3.98. The van der Waals surface area contributed by atoms with Gasteiger partial charge in [-0.1, -0.05) is 28.1 Å². The smallest absolute Gasteiger partial charge is 0.338 e. The average molecular weight is 324 g/mol. The van der Waals surface area contributed by atoms with Gasteiger partial charge in [-0.2, -0.15) is 0 Å². The predicted octanol–water partition coefficient (Wildman–Crippen LogP) is 3.90. The predicted molar refractivity (Wildman–Crippen MR) is 74.8 cm³/mol. The molecule has 19 heavy (non-hydrogen) atoms. The summed E-state index contributed by atoms with van der Waals surface area (Å²) in [7, 11) is 0. The highest BCUT2D eigenvalue weighted by Gasteiger charge is 2.09. The van der Waals surface area contributed by atoms with Crippen LogP contribution < -0.4 is 5.32 Å². The number of nitrogens with one attached hydrogen (secondary N) is 1. The molecular formula is C14H11BrFNO2. The lowest BCUT2D eigenvalue weighted by molar-refractivity contribution is 0.0692. The Morgan fingerprint density at radius 1 is 1.21 bits per heavy atom. The van der Waals surface area contributed by atoms with Crippen molar-refractivity contribution in [2.24, 2.45) is 0 Å². The van der Waals surface area contributed by atoms with Crippen molar-refractivity contribution in [2.45, 2.75) is 6.54 Å². The Morgan fingerprint density at radius 2 is 1.89 bits per heavy atom. The fourth-order valence-corrected chi connectivity index (χ4v) is 1.87. The molecule has 0 fully saturated rings. The second kappa shape index (κ2) is 5.84. The molecule has 5 heteroatoms. The van der Waals surface area contributed by atoms with E-state index < -0.39 is 11.8 Å². The minimum Gasteiger partial charge on any atom is -0.478 e. The summed E-state index contributed by atoms with van der Waals surface area (Å²) < 4.78 is 14.4. The molecule has 0 bridgehead atoms. The first-order valence-corrected chi connectivity index (χ1v) is 6.37. The summed E-state index contributed by atoms with van der Waals surface area (Å²) in [6, 6.07) is 11.7. The molecule has 2 aromatic carbocycles. The number of rotatable bonds is 4. The third-order valence-electron chi connectivity index (χ3n) is 2.61. The molecule has 0 unspecified atom stereocenters. The molecule has 0 aliphatic rings. The van der Waals surface area contributed by atoms with Crippen molar-refractivity contribution in [1.29, 1.82) is 0 Å². The van der Waals surface area contributed by atoms with E-state index in [1.54, 1.807) is 6.07 Å². The van der Waals surface area contributed by atoms with Gasteiger partial charge in [0.05, 0.1) is 5.56 Å². The van der Waals surface area contributed by atoms with Crippen LogP contribution in [-0.2, 0) is 6.54 Å². The van der Waals surface area contributed by atoms with Gasteiger partial charge in [0, 0.05) is 16.7 Å². The van der Waals surface area contributed by atoms with Gasteiger partial charge in [0.1, 0.15) is 5.82 Å². The molecule has 0 atom stereocenters. The number of carboxylic acid groups (broad SMARTS) is 1. The van der Waals surface area contributed by atoms with E-state index in [1.807, 2.05) is 24.3 Å². The zero-order valence-corrected chi connectivity index (χ0v) is 11.4. The van der Waals surface area contributed by atoms with E-state index in [9.17, 15) is 9.18 Å². The van der Waals surface area contributed by atoms with Crippen LogP contribution in [-0.4, -0.2) is 11.1 Å². The minimum absolute atomic E-state index is 0.325. The monoisotopic (exact) mass is 323 g/mol. The van der Waals surface area contributed by atoms with Gasteiger partial charge in [0.15, 0.2) is 0 Å². The molecule has 0 radical (unpaired) electrons. The summed E-state index contributed by atoms with van der Waals surface area (Å²) in [4.78, 5) is 10.7. The molecule has 0 heterocycles. The van der Waals surface area contributed by atoms with Crippen LogP contribution in [0.3, 0.4) is 0 Å². The SMILES string of the molecule is O=C(O)c1ccc(NCc2ccc(Br)cc2)cc1F. The lowest BCUT2D eigenvalue weighted by Gasteiger charge is -2.07. The van der Waals surface area contributed by atoms with E-state index in [1.165, 1.54) is 12.1 Å². The normalized spacial score (nSPS) is 10.2. The van der Waals surface area contributed by atoms with Crippen LogP contribution in [0.25, 0.3) is 0 Å². The Bertz CT molecular complexity index is 599. The molecule has 0 amide bonds. The minimum atomic E-state index is -1.27. The number of anilines is 1. The highest BCUT2D eigenvalue weighted by molar-refractivity contribution is 9.10. The first kappa shape index (κ1) is 13.5. The lowest BCUT2D eigenvalue weighted by atomic mass is 10.2. The fraction of sp³-hybridized carbons (Fsp3) is 0.0714. The number of carbonyl (C=O) groups is 1. The van der Waals surface area contributed by atoms with Crippen LogP contribution in [0, 0.1) is 5.82 Å². The average Bonchev–Trinajstić information content (AvgIpc) is 2.37. The zero-order chi connectivity index (χ0) is 13.8. The highest BCUT2D eigenvalue weighted by atomic mass is 79.9. The quantitative estimate of drug-likeness (QED) is 0.897. The maximum absolute atomic E-state index is 13.5. The van der Waals surface area contributed by atoms with Gasteiger partial charge >= 0.3 is 5.97 Å². The molecule has 3 nitrogen and oxygen atoms in total. The van der Waals surface area contributed by atoms with E-state index in [2.05, 4.69) is 21.2 Å². The molecule has 0 spiro atoms. The van der Waals surface area contributed by atoms with Crippen molar-refractivity contribution in [3.8, 4) is 0 Å². The van der Waals surface area contributed by atoms with Crippen molar-refractivity contribution in [1.82, 2.24) is 0 Å². The maximum Gasteiger partial charge on any atom is 0.338 e. The van der Waals surface area contributed by atoms with Gasteiger partial charge in [-0.25, -0.2) is 9.18 Å². The molecular weight excluding hydrogens is 313 g/mol. The summed E-state index contributed by atoms with van der Waals surface area (Å²) in [6.45, 7) is 0.541. The molecule has 0 saturated carbocycles. The standard InChI is InChI=1S/C14H11BrFNO2/c15-10-3-1-9(2-4-10)8-17-11-5-6-12(14(18)19)13(16)7-11/h1-7,17H,8H2,(H,18,19). The number of hydrogen-bond donors (Lipinski definition) is 2. The summed E-state index contributed by atoms with van der Waals surface area (Å²) in [5.41, 5.74) is 1.27.